The topological polar surface area (TPSA) is 68.7 Å². The van der Waals surface area contributed by atoms with Crippen LogP contribution in [0.4, 0.5) is 8.78 Å². The number of hydrogen-bond donors (Lipinski definition) is 0. The van der Waals surface area contributed by atoms with Crippen molar-refractivity contribution < 1.29 is 8.78 Å². The van der Waals surface area contributed by atoms with Crippen LogP contribution in [0.3, 0.4) is 0 Å². The van der Waals surface area contributed by atoms with Crippen molar-refractivity contribution in [1.82, 2.24) is 18.8 Å². The summed E-state index contributed by atoms with van der Waals surface area (Å²) < 4.78 is 29.4. The number of pyridine rings is 2. The van der Waals surface area contributed by atoms with Gasteiger partial charge < -0.3 is 0 Å². The van der Waals surface area contributed by atoms with E-state index in [1.807, 2.05) is 12.1 Å². The molecule has 11 heteroatoms. The molecule has 47 heavy (non-hydrogen) atoms. The van der Waals surface area contributed by atoms with Gasteiger partial charge in [0.2, 0.25) is 0 Å². The molecule has 0 radical (unpaired) electrons. The molecular weight excluding hydrogens is 798 g/mol. The number of benzene rings is 2. The SMILES string of the molecule is C#Cc1cccc(F)c1.O=c1c(CCBr)cnc2cc(Br)ccn12.O=c1c(CCBr)cnc2cc(C#Cc3cccc(F)c3)ccn12. The van der Waals surface area contributed by atoms with E-state index in [1.165, 1.54) is 28.7 Å². The van der Waals surface area contributed by atoms with E-state index < -0.39 is 0 Å². The number of halogens is 5. The molecule has 4 heterocycles. The molecule has 0 spiro atoms. The molecule has 0 amide bonds. The highest BCUT2D eigenvalue weighted by Crippen LogP contribution is 2.10. The summed E-state index contributed by atoms with van der Waals surface area (Å²) in [5.74, 6) is 7.59. The monoisotopic (exact) mass is 820 g/mol. The Morgan fingerprint density at radius 1 is 0.681 bits per heavy atom. The van der Waals surface area contributed by atoms with Gasteiger partial charge in [0.25, 0.3) is 11.1 Å². The Bertz CT molecular complexity index is 2250. The molecule has 0 saturated carbocycles. The lowest BCUT2D eigenvalue weighted by molar-refractivity contribution is 0.627. The smallest absolute Gasteiger partial charge is 0.261 e. The van der Waals surface area contributed by atoms with E-state index in [-0.39, 0.29) is 22.8 Å². The van der Waals surface area contributed by atoms with Crippen LogP contribution in [0.5, 0.6) is 0 Å². The molecule has 0 aliphatic heterocycles. The first kappa shape index (κ1) is 35.4. The Morgan fingerprint density at radius 3 is 1.68 bits per heavy atom. The fourth-order valence-corrected chi connectivity index (χ4v) is 5.29. The van der Waals surface area contributed by atoms with E-state index >= 15 is 0 Å². The zero-order chi connectivity index (χ0) is 33.8. The third-order valence-electron chi connectivity index (χ3n) is 6.42. The molecule has 0 saturated heterocycles. The van der Waals surface area contributed by atoms with Crippen molar-refractivity contribution in [2.75, 3.05) is 10.7 Å². The van der Waals surface area contributed by atoms with Crippen LogP contribution in [-0.4, -0.2) is 29.4 Å². The average Bonchev–Trinajstić information content (AvgIpc) is 3.07. The highest BCUT2D eigenvalue weighted by Gasteiger charge is 2.05. The van der Waals surface area contributed by atoms with Gasteiger partial charge >= 0.3 is 0 Å². The second-order valence-corrected chi connectivity index (χ2v) is 12.2. The Morgan fingerprint density at radius 2 is 1.17 bits per heavy atom. The third-order valence-corrected chi connectivity index (χ3v) is 7.70. The molecule has 4 aromatic heterocycles. The van der Waals surface area contributed by atoms with Crippen LogP contribution < -0.4 is 11.1 Å². The fraction of sp³-hybridized carbons (Fsp3) is 0.111. The summed E-state index contributed by atoms with van der Waals surface area (Å²) in [5, 5.41) is 1.49. The van der Waals surface area contributed by atoms with Gasteiger partial charge in [0.1, 0.15) is 22.9 Å². The second-order valence-electron chi connectivity index (χ2n) is 9.69. The fourth-order valence-electron chi connectivity index (χ4n) is 4.11. The van der Waals surface area contributed by atoms with E-state index in [9.17, 15) is 18.4 Å². The number of aromatic nitrogens is 4. The van der Waals surface area contributed by atoms with E-state index in [2.05, 4.69) is 75.5 Å². The Balaban J connectivity index is 0.000000178. The van der Waals surface area contributed by atoms with Crippen LogP contribution >= 0.6 is 47.8 Å². The van der Waals surface area contributed by atoms with Crippen molar-refractivity contribution >= 4 is 59.1 Å². The standard InChI is InChI=1S/C18H12BrFN2O.C10H8Br2N2O.C8H5F/c19-8-6-15-12-21-17-11-14(7-9-22(17)18(15)23)5-4-13-2-1-3-16(20)10-13;11-3-1-7-6-13-9-5-8(12)2-4-14(9)10(7)15;1-2-7-4-3-5-8(9)6-7/h1-3,7,9-12H,6,8H2;2,4-6H,1,3H2;1,3-6H. The van der Waals surface area contributed by atoms with Crippen molar-refractivity contribution in [1.29, 1.82) is 0 Å². The van der Waals surface area contributed by atoms with E-state index in [4.69, 9.17) is 6.42 Å². The molecule has 0 atom stereocenters. The number of nitrogens with zero attached hydrogens (tertiary/aromatic N) is 4. The molecule has 0 aliphatic carbocycles. The quantitative estimate of drug-likeness (QED) is 0.138. The molecule has 0 aliphatic rings. The average molecular weight is 823 g/mol. The highest BCUT2D eigenvalue weighted by atomic mass is 79.9. The molecule has 6 aromatic rings. The molecule has 236 valence electrons. The van der Waals surface area contributed by atoms with Crippen LogP contribution in [0, 0.1) is 35.8 Å². The zero-order valence-electron chi connectivity index (χ0n) is 24.6. The van der Waals surface area contributed by atoms with E-state index in [0.717, 1.165) is 20.9 Å². The first-order chi connectivity index (χ1) is 22.7. The number of alkyl halides is 2. The Kier molecular flexibility index (Phi) is 13.2. The van der Waals surface area contributed by atoms with Crippen LogP contribution in [0.2, 0.25) is 0 Å². The van der Waals surface area contributed by atoms with Gasteiger partial charge in [-0.25, -0.2) is 18.7 Å². The molecule has 2 aromatic carbocycles. The van der Waals surface area contributed by atoms with Crippen LogP contribution in [0.25, 0.3) is 11.3 Å². The minimum Gasteiger partial charge on any atom is -0.269 e. The van der Waals surface area contributed by atoms with Crippen LogP contribution in [0.1, 0.15) is 27.8 Å². The lowest BCUT2D eigenvalue weighted by Gasteiger charge is -2.03. The third kappa shape index (κ3) is 10.0. The summed E-state index contributed by atoms with van der Waals surface area (Å²) in [7, 11) is 0. The van der Waals surface area contributed by atoms with Crippen molar-refractivity contribution in [3.63, 3.8) is 0 Å². The number of rotatable bonds is 4. The van der Waals surface area contributed by atoms with Crippen LogP contribution in [-0.2, 0) is 12.8 Å². The van der Waals surface area contributed by atoms with Crippen molar-refractivity contribution in [3.05, 3.63) is 162 Å². The molecule has 6 nitrogen and oxygen atoms in total. The normalized spacial score (nSPS) is 10.1. The second kappa shape index (κ2) is 17.5. The van der Waals surface area contributed by atoms with Gasteiger partial charge in [-0.15, -0.1) is 6.42 Å². The Hall–Kier alpha value is -4.42. The summed E-state index contributed by atoms with van der Waals surface area (Å²) in [6.07, 6.45) is 13.0. The minimum atomic E-state index is -0.317. The number of aryl methyl sites for hydroxylation is 2. The number of terminal acetylenes is 1. The van der Waals surface area contributed by atoms with Crippen molar-refractivity contribution in [3.8, 4) is 24.2 Å². The first-order valence-electron chi connectivity index (χ1n) is 14.0. The molecule has 0 bridgehead atoms. The van der Waals surface area contributed by atoms with E-state index in [1.54, 1.807) is 65.6 Å². The highest BCUT2D eigenvalue weighted by molar-refractivity contribution is 9.10. The molecular formula is C36H25Br3F2N4O2. The summed E-state index contributed by atoms with van der Waals surface area (Å²) >= 11 is 9.98. The van der Waals surface area contributed by atoms with Gasteiger partial charge in [-0.05, 0) is 73.5 Å². The number of hydrogen-bond acceptors (Lipinski definition) is 4. The van der Waals surface area contributed by atoms with Crippen molar-refractivity contribution in [2.24, 2.45) is 0 Å². The zero-order valence-corrected chi connectivity index (χ0v) is 29.4. The van der Waals surface area contributed by atoms with Gasteiger partial charge in [0.05, 0.1) is 0 Å². The van der Waals surface area contributed by atoms with Crippen molar-refractivity contribution in [2.45, 2.75) is 12.8 Å². The molecule has 0 N–H and O–H groups in total. The molecule has 6 rings (SSSR count). The minimum absolute atomic E-state index is 0.00644. The molecule has 0 unspecified atom stereocenters. The van der Waals surface area contributed by atoms with Gasteiger partial charge in [-0.3, -0.25) is 18.4 Å². The molecule has 0 fully saturated rings. The maximum Gasteiger partial charge on any atom is 0.261 e. The largest absolute Gasteiger partial charge is 0.269 e. The Labute approximate surface area is 294 Å². The van der Waals surface area contributed by atoms with Gasteiger partial charge in [-0.2, -0.15) is 0 Å². The summed E-state index contributed by atoms with van der Waals surface area (Å²) in [6, 6.07) is 19.2. The predicted molar refractivity (Wildman–Crippen MR) is 192 cm³/mol. The maximum absolute atomic E-state index is 13.1. The summed E-state index contributed by atoms with van der Waals surface area (Å²) in [4.78, 5) is 32.7. The lowest BCUT2D eigenvalue weighted by atomic mass is 10.2. The van der Waals surface area contributed by atoms with E-state index in [0.29, 0.717) is 46.2 Å². The summed E-state index contributed by atoms with van der Waals surface area (Å²) in [6.45, 7) is 0. The van der Waals surface area contributed by atoms with Gasteiger partial charge in [0.15, 0.2) is 0 Å². The van der Waals surface area contributed by atoms with Gasteiger partial charge in [0, 0.05) is 67.7 Å². The summed E-state index contributed by atoms with van der Waals surface area (Å²) in [5.41, 5.74) is 4.43. The maximum atomic E-state index is 13.1. The first-order valence-corrected chi connectivity index (χ1v) is 17.0. The lowest BCUT2D eigenvalue weighted by Crippen LogP contribution is -2.19. The van der Waals surface area contributed by atoms with Crippen LogP contribution in [0.15, 0.2) is 112 Å². The number of fused-ring (bicyclic) bond motifs is 2. The predicted octanol–water partition coefficient (Wildman–Crippen LogP) is 7.37. The van der Waals surface area contributed by atoms with Gasteiger partial charge in [-0.1, -0.05) is 77.7 Å².